The van der Waals surface area contributed by atoms with Crippen LogP contribution in [0.1, 0.15) is 44.4 Å². The number of halogens is 3. The molecule has 0 aromatic heterocycles. The highest BCUT2D eigenvalue weighted by Crippen LogP contribution is 2.36. The summed E-state index contributed by atoms with van der Waals surface area (Å²) in [6.07, 6.45) is -2.58. The van der Waals surface area contributed by atoms with Crippen LogP contribution in [-0.2, 0) is 11.0 Å². The first kappa shape index (κ1) is 19.6. The number of hydrogen-bond donors (Lipinski definition) is 1. The number of nitrogens with one attached hydrogen (secondary N) is 1. The molecule has 0 fully saturated rings. The van der Waals surface area contributed by atoms with Gasteiger partial charge in [0.05, 0.1) is 21.3 Å². The highest BCUT2D eigenvalue weighted by Gasteiger charge is 2.35. The van der Waals surface area contributed by atoms with Gasteiger partial charge in [-0.2, -0.15) is 13.2 Å². The fraction of sp³-hybridized carbons (Fsp3) is 0.412. The minimum absolute atomic E-state index is 0.00487. The summed E-state index contributed by atoms with van der Waals surface area (Å²) in [5.74, 6) is 0. The first-order chi connectivity index (χ1) is 10.5. The van der Waals surface area contributed by atoms with E-state index in [1.165, 1.54) is 12.1 Å². The molecule has 1 aromatic carbocycles. The largest absolute Gasteiger partial charge is 0.416 e. The molecule has 0 saturated carbocycles. The average Bonchev–Trinajstić information content (AvgIpc) is 2.44. The fourth-order valence-electron chi connectivity index (χ4n) is 1.94. The standard InChI is InChI=1S/C17H22F3NOS/c1-6-9-15(21-23(22)16(3,4)5)14-11-8-7-10-13(14)12(2)17(18,19)20/h6-8,10-11,15,21H,1-2,9H2,3-5H3/t15-,23?/m0/s1. The van der Waals surface area contributed by atoms with E-state index < -0.39 is 33.5 Å². The highest BCUT2D eigenvalue weighted by atomic mass is 32.2. The monoisotopic (exact) mass is 345 g/mol. The number of hydrogen-bond acceptors (Lipinski definition) is 1. The molecule has 1 N–H and O–H groups in total. The van der Waals surface area contributed by atoms with Gasteiger partial charge in [0.25, 0.3) is 0 Å². The Hall–Kier alpha value is -1.40. The molecule has 0 radical (unpaired) electrons. The Morgan fingerprint density at radius 3 is 2.35 bits per heavy atom. The van der Waals surface area contributed by atoms with Crippen LogP contribution in [0.3, 0.4) is 0 Å². The molecule has 6 heteroatoms. The maximum Gasteiger partial charge on any atom is 0.416 e. The lowest BCUT2D eigenvalue weighted by molar-refractivity contribution is -0.0687. The lowest BCUT2D eigenvalue weighted by Gasteiger charge is -2.26. The topological polar surface area (TPSA) is 29.1 Å². The Morgan fingerprint density at radius 1 is 1.30 bits per heavy atom. The van der Waals surface area contributed by atoms with Crippen molar-refractivity contribution >= 4 is 16.6 Å². The van der Waals surface area contributed by atoms with Crippen molar-refractivity contribution in [3.8, 4) is 0 Å². The van der Waals surface area contributed by atoms with Gasteiger partial charge in [-0.05, 0) is 38.3 Å². The molecule has 128 valence electrons. The van der Waals surface area contributed by atoms with Gasteiger partial charge in [0.1, 0.15) is 0 Å². The summed E-state index contributed by atoms with van der Waals surface area (Å²) in [6, 6.07) is 5.61. The maximum atomic E-state index is 13.0. The molecule has 1 unspecified atom stereocenters. The first-order valence-corrected chi connectivity index (χ1v) is 8.27. The van der Waals surface area contributed by atoms with Crippen LogP contribution < -0.4 is 4.72 Å². The molecule has 0 spiro atoms. The van der Waals surface area contributed by atoms with Gasteiger partial charge < -0.3 is 0 Å². The second-order valence-corrected chi connectivity index (χ2v) is 8.14. The van der Waals surface area contributed by atoms with Gasteiger partial charge in [0.2, 0.25) is 0 Å². The van der Waals surface area contributed by atoms with Crippen LogP contribution in [0, 0.1) is 0 Å². The summed E-state index contributed by atoms with van der Waals surface area (Å²) in [7, 11) is -1.42. The summed E-state index contributed by atoms with van der Waals surface area (Å²) in [6.45, 7) is 12.2. The molecule has 2 atom stereocenters. The molecule has 23 heavy (non-hydrogen) atoms. The minimum Gasteiger partial charge on any atom is -0.242 e. The molecule has 1 aromatic rings. The molecule has 2 nitrogen and oxygen atoms in total. The summed E-state index contributed by atoms with van der Waals surface area (Å²) in [5, 5.41) is 0. The average molecular weight is 345 g/mol. The van der Waals surface area contributed by atoms with Gasteiger partial charge in [0, 0.05) is 6.04 Å². The zero-order valence-electron chi connectivity index (χ0n) is 13.5. The number of rotatable bonds is 6. The second-order valence-electron chi connectivity index (χ2n) is 6.14. The molecule has 0 aliphatic rings. The normalized spacial score (nSPS) is 15.0. The van der Waals surface area contributed by atoms with E-state index in [4.69, 9.17) is 0 Å². The Labute approximate surface area is 138 Å². The molecule has 0 saturated heterocycles. The lowest BCUT2D eigenvalue weighted by Crippen LogP contribution is -2.36. The number of alkyl halides is 3. The van der Waals surface area contributed by atoms with Gasteiger partial charge in [-0.15, -0.1) is 6.58 Å². The number of allylic oxidation sites excluding steroid dienone is 1. The van der Waals surface area contributed by atoms with Gasteiger partial charge >= 0.3 is 6.18 Å². The Balaban J connectivity index is 3.26. The summed E-state index contributed by atoms with van der Waals surface area (Å²) in [5.41, 5.74) is -0.497. The second kappa shape index (κ2) is 7.45. The Morgan fingerprint density at radius 2 is 1.87 bits per heavy atom. The van der Waals surface area contributed by atoms with Gasteiger partial charge in [-0.1, -0.05) is 36.9 Å². The lowest BCUT2D eigenvalue weighted by atomic mass is 9.94. The van der Waals surface area contributed by atoms with Crippen LogP contribution >= 0.6 is 0 Å². The molecule has 0 aliphatic heterocycles. The van der Waals surface area contributed by atoms with E-state index in [0.717, 1.165) is 0 Å². The maximum absolute atomic E-state index is 13.0. The Kier molecular flexibility index (Phi) is 6.36. The molecule has 0 aliphatic carbocycles. The van der Waals surface area contributed by atoms with E-state index in [-0.39, 0.29) is 5.56 Å². The van der Waals surface area contributed by atoms with Crippen molar-refractivity contribution in [2.24, 2.45) is 0 Å². The third kappa shape index (κ3) is 5.32. The first-order valence-electron chi connectivity index (χ1n) is 7.12. The van der Waals surface area contributed by atoms with Crippen molar-refractivity contribution < 1.29 is 17.4 Å². The molecule has 1 rings (SSSR count). The van der Waals surface area contributed by atoms with E-state index >= 15 is 0 Å². The van der Waals surface area contributed by atoms with Crippen LogP contribution in [0.25, 0.3) is 5.57 Å². The smallest absolute Gasteiger partial charge is 0.242 e. The van der Waals surface area contributed by atoms with Crippen molar-refractivity contribution in [3.63, 3.8) is 0 Å². The summed E-state index contributed by atoms with van der Waals surface area (Å²) < 4.78 is 53.8. The van der Waals surface area contributed by atoms with Gasteiger partial charge in [-0.3, -0.25) is 0 Å². The predicted molar refractivity (Wildman–Crippen MR) is 90.1 cm³/mol. The SMILES string of the molecule is C=CC[C@H](NS(=O)C(C)(C)C)c1ccccc1C(=C)C(F)(F)F. The van der Waals surface area contributed by atoms with Crippen molar-refractivity contribution in [1.29, 1.82) is 0 Å². The van der Waals surface area contributed by atoms with Crippen molar-refractivity contribution in [2.75, 3.05) is 0 Å². The van der Waals surface area contributed by atoms with E-state index in [0.29, 0.717) is 12.0 Å². The zero-order chi connectivity index (χ0) is 17.8. The third-order valence-corrected chi connectivity index (χ3v) is 4.82. The van der Waals surface area contributed by atoms with Crippen LogP contribution in [0.15, 0.2) is 43.5 Å². The van der Waals surface area contributed by atoms with Crippen LogP contribution in [0.2, 0.25) is 0 Å². The van der Waals surface area contributed by atoms with E-state index in [9.17, 15) is 17.4 Å². The van der Waals surface area contributed by atoms with Crippen molar-refractivity contribution in [2.45, 2.75) is 44.2 Å². The molecule has 0 heterocycles. The quantitative estimate of drug-likeness (QED) is 0.728. The third-order valence-electron chi connectivity index (χ3n) is 3.21. The van der Waals surface area contributed by atoms with E-state index in [1.54, 1.807) is 39.0 Å². The molecular formula is C17H22F3NOS. The molecule has 0 bridgehead atoms. The van der Waals surface area contributed by atoms with E-state index in [1.807, 2.05) is 0 Å². The van der Waals surface area contributed by atoms with Crippen LogP contribution in [-0.4, -0.2) is 15.1 Å². The van der Waals surface area contributed by atoms with Crippen molar-refractivity contribution in [1.82, 2.24) is 4.72 Å². The van der Waals surface area contributed by atoms with Crippen LogP contribution in [0.4, 0.5) is 13.2 Å². The van der Waals surface area contributed by atoms with Gasteiger partial charge in [0.15, 0.2) is 0 Å². The predicted octanol–water partition coefficient (Wildman–Crippen LogP) is 4.93. The zero-order valence-corrected chi connectivity index (χ0v) is 14.4. The van der Waals surface area contributed by atoms with Crippen molar-refractivity contribution in [3.05, 3.63) is 54.6 Å². The minimum atomic E-state index is -4.52. The fourth-order valence-corrected chi connectivity index (χ4v) is 2.77. The van der Waals surface area contributed by atoms with Gasteiger partial charge in [-0.25, -0.2) is 8.93 Å². The van der Waals surface area contributed by atoms with Crippen LogP contribution in [0.5, 0.6) is 0 Å². The molecular weight excluding hydrogens is 323 g/mol. The summed E-state index contributed by atoms with van der Waals surface area (Å²) in [4.78, 5) is 0. The van der Waals surface area contributed by atoms with E-state index in [2.05, 4.69) is 17.9 Å². The highest BCUT2D eigenvalue weighted by molar-refractivity contribution is 7.84. The molecule has 0 amide bonds. The number of benzene rings is 1. The Bertz CT molecular complexity index is 603. The summed E-state index contributed by atoms with van der Waals surface area (Å²) >= 11 is 0.